The van der Waals surface area contributed by atoms with Crippen molar-refractivity contribution in [3.8, 4) is 0 Å². The van der Waals surface area contributed by atoms with Gasteiger partial charge >= 0.3 is 5.97 Å². The highest BCUT2D eigenvalue weighted by Gasteiger charge is 2.30. The first-order chi connectivity index (χ1) is 8.45. The van der Waals surface area contributed by atoms with Crippen molar-refractivity contribution < 1.29 is 9.53 Å². The topological polar surface area (TPSA) is 41.6 Å². The van der Waals surface area contributed by atoms with Gasteiger partial charge in [0, 0.05) is 24.4 Å². The fourth-order valence-electron chi connectivity index (χ4n) is 2.36. The van der Waals surface area contributed by atoms with E-state index in [0.717, 1.165) is 18.7 Å². The minimum absolute atomic E-state index is 0.128. The molecule has 1 aliphatic heterocycles. The highest BCUT2D eigenvalue weighted by atomic mass is 32.2. The summed E-state index contributed by atoms with van der Waals surface area (Å²) < 4.78 is 4.76. The van der Waals surface area contributed by atoms with Crippen LogP contribution in [-0.2, 0) is 9.53 Å². The first-order valence-electron chi connectivity index (χ1n) is 6.67. The Kier molecular flexibility index (Phi) is 6.46. The number of hydrogen-bond acceptors (Lipinski definition) is 5. The molecule has 0 bridgehead atoms. The lowest BCUT2D eigenvalue weighted by Gasteiger charge is -2.31. The minimum atomic E-state index is -0.144. The maximum Gasteiger partial charge on any atom is 0.323 e. The minimum Gasteiger partial charge on any atom is -0.468 e. The number of rotatable bonds is 6. The second-order valence-electron chi connectivity index (χ2n) is 5.28. The first-order valence-corrected chi connectivity index (χ1v) is 7.71. The molecule has 1 fully saturated rings. The van der Waals surface area contributed by atoms with E-state index in [-0.39, 0.29) is 12.0 Å². The molecule has 1 saturated heterocycles. The third-order valence-corrected chi connectivity index (χ3v) is 4.61. The Balaban J connectivity index is 2.34. The zero-order valence-corrected chi connectivity index (χ0v) is 12.9. The zero-order valence-electron chi connectivity index (χ0n) is 12.1. The van der Waals surface area contributed by atoms with Gasteiger partial charge < -0.3 is 4.74 Å². The van der Waals surface area contributed by atoms with Crippen LogP contribution in [0.2, 0.25) is 0 Å². The maximum atomic E-state index is 11.4. The lowest BCUT2D eigenvalue weighted by molar-refractivity contribution is -0.142. The molecule has 106 valence electrons. The number of nitrogens with zero attached hydrogens (tertiary/aromatic N) is 1. The fraction of sp³-hybridized carbons (Fsp3) is 0.923. The lowest BCUT2D eigenvalue weighted by atomic mass is 10.2. The van der Waals surface area contributed by atoms with Gasteiger partial charge in [-0.3, -0.25) is 15.0 Å². The monoisotopic (exact) mass is 274 g/mol. The Morgan fingerprint density at radius 1 is 1.39 bits per heavy atom. The van der Waals surface area contributed by atoms with E-state index in [2.05, 4.69) is 37.9 Å². The van der Waals surface area contributed by atoms with E-state index in [0.29, 0.717) is 17.5 Å². The third kappa shape index (κ3) is 4.44. The molecule has 1 rings (SSSR count). The molecule has 0 spiro atoms. The van der Waals surface area contributed by atoms with Gasteiger partial charge in [-0.05, 0) is 34.1 Å². The van der Waals surface area contributed by atoms with Gasteiger partial charge in [-0.2, -0.15) is 0 Å². The van der Waals surface area contributed by atoms with Crippen molar-refractivity contribution in [1.29, 1.82) is 0 Å². The molecule has 2 unspecified atom stereocenters. The second kappa shape index (κ2) is 7.36. The van der Waals surface area contributed by atoms with E-state index in [1.54, 1.807) is 0 Å². The summed E-state index contributed by atoms with van der Waals surface area (Å²) in [5, 5.41) is 3.71. The van der Waals surface area contributed by atoms with Crippen LogP contribution in [0, 0.1) is 0 Å². The van der Waals surface area contributed by atoms with Crippen molar-refractivity contribution in [3.63, 3.8) is 0 Å². The van der Waals surface area contributed by atoms with Crippen LogP contribution in [0.5, 0.6) is 0 Å². The molecule has 2 atom stereocenters. The van der Waals surface area contributed by atoms with Gasteiger partial charge in [0.1, 0.15) is 6.04 Å². The molecule has 0 aliphatic carbocycles. The van der Waals surface area contributed by atoms with Crippen LogP contribution in [-0.4, -0.2) is 53.8 Å². The molecule has 1 N–H and O–H groups in total. The van der Waals surface area contributed by atoms with Crippen LogP contribution in [0.15, 0.2) is 0 Å². The van der Waals surface area contributed by atoms with Gasteiger partial charge in [0.2, 0.25) is 0 Å². The van der Waals surface area contributed by atoms with Crippen LogP contribution in [0.4, 0.5) is 0 Å². The van der Waals surface area contributed by atoms with Crippen molar-refractivity contribution in [1.82, 2.24) is 10.2 Å². The average Bonchev–Trinajstić information content (AvgIpc) is 2.76. The number of ether oxygens (including phenoxy) is 1. The predicted molar refractivity (Wildman–Crippen MR) is 76.8 cm³/mol. The number of nitrogens with one attached hydrogen (secondary N) is 1. The van der Waals surface area contributed by atoms with E-state index >= 15 is 0 Å². The summed E-state index contributed by atoms with van der Waals surface area (Å²) in [6.45, 7) is 9.98. The van der Waals surface area contributed by atoms with Crippen molar-refractivity contribution in [2.45, 2.75) is 57.6 Å². The normalized spacial score (nSPS) is 24.2. The van der Waals surface area contributed by atoms with Crippen molar-refractivity contribution in [3.05, 3.63) is 0 Å². The summed E-state index contributed by atoms with van der Waals surface area (Å²) in [7, 11) is 1.45. The highest BCUT2D eigenvalue weighted by Crippen LogP contribution is 2.23. The summed E-state index contributed by atoms with van der Waals surface area (Å²) in [4.78, 5) is 13.9. The predicted octanol–water partition coefficient (Wildman–Crippen LogP) is 1.70. The molecule has 0 aromatic carbocycles. The Hall–Kier alpha value is -0.260. The number of carbonyl (C=O) groups excluding carboxylic acids is 1. The van der Waals surface area contributed by atoms with Gasteiger partial charge in [-0.1, -0.05) is 0 Å². The van der Waals surface area contributed by atoms with Crippen LogP contribution in [0.1, 0.15) is 34.1 Å². The van der Waals surface area contributed by atoms with Gasteiger partial charge in [0.25, 0.3) is 0 Å². The summed E-state index contributed by atoms with van der Waals surface area (Å²) in [6, 6.07) is 0.997. The quantitative estimate of drug-likeness (QED) is 0.747. The average molecular weight is 274 g/mol. The Morgan fingerprint density at radius 3 is 2.50 bits per heavy atom. The van der Waals surface area contributed by atoms with E-state index < -0.39 is 0 Å². The summed E-state index contributed by atoms with van der Waals surface area (Å²) in [5.41, 5.74) is 0. The number of esters is 1. The lowest BCUT2D eigenvalue weighted by Crippen LogP contribution is -2.41. The molecule has 0 amide bonds. The number of methoxy groups -OCH3 is 1. The molecule has 0 saturated carbocycles. The summed E-state index contributed by atoms with van der Waals surface area (Å²) >= 11 is 1.82. The van der Waals surface area contributed by atoms with Crippen molar-refractivity contribution in [2.24, 2.45) is 0 Å². The first kappa shape index (κ1) is 15.8. The number of carbonyl (C=O) groups is 1. The smallest absolute Gasteiger partial charge is 0.323 e. The van der Waals surface area contributed by atoms with Crippen LogP contribution in [0.25, 0.3) is 0 Å². The van der Waals surface area contributed by atoms with E-state index in [4.69, 9.17) is 4.74 Å². The molecule has 0 radical (unpaired) electrons. The highest BCUT2D eigenvalue weighted by molar-refractivity contribution is 8.00. The molecule has 4 nitrogen and oxygen atoms in total. The molecule has 0 aromatic rings. The van der Waals surface area contributed by atoms with Gasteiger partial charge in [-0.15, -0.1) is 11.8 Å². The van der Waals surface area contributed by atoms with E-state index in [9.17, 15) is 4.79 Å². The Bertz CT molecular complexity index is 264. The van der Waals surface area contributed by atoms with E-state index in [1.165, 1.54) is 7.11 Å². The standard InChI is InChI=1S/C13H26N2O2S/c1-9(2)15(10(3)4)7-6-12-14-11(8-18-12)13(16)17-5/h9-12,14H,6-8H2,1-5H3. The van der Waals surface area contributed by atoms with Crippen LogP contribution in [0.3, 0.4) is 0 Å². The molecular weight excluding hydrogens is 248 g/mol. The molecule has 5 heteroatoms. The molecule has 1 heterocycles. The maximum absolute atomic E-state index is 11.4. The summed E-state index contributed by atoms with van der Waals surface area (Å²) in [6.07, 6.45) is 1.06. The summed E-state index contributed by atoms with van der Waals surface area (Å²) in [5.74, 6) is 0.676. The number of hydrogen-bond donors (Lipinski definition) is 1. The molecule has 18 heavy (non-hydrogen) atoms. The SMILES string of the molecule is COC(=O)C1CSC(CCN(C(C)C)C(C)C)N1. The Morgan fingerprint density at radius 2 is 2.00 bits per heavy atom. The number of thioether (sulfide) groups is 1. The van der Waals surface area contributed by atoms with Crippen molar-refractivity contribution in [2.75, 3.05) is 19.4 Å². The molecular formula is C13H26N2O2S. The van der Waals surface area contributed by atoms with E-state index in [1.807, 2.05) is 11.8 Å². The molecule has 1 aliphatic rings. The zero-order chi connectivity index (χ0) is 13.7. The fourth-order valence-corrected chi connectivity index (χ4v) is 3.55. The van der Waals surface area contributed by atoms with Crippen LogP contribution >= 0.6 is 11.8 Å². The largest absolute Gasteiger partial charge is 0.468 e. The van der Waals surface area contributed by atoms with Crippen molar-refractivity contribution >= 4 is 17.7 Å². The Labute approximate surface area is 115 Å². The van der Waals surface area contributed by atoms with Gasteiger partial charge in [0.05, 0.1) is 12.5 Å². The second-order valence-corrected chi connectivity index (χ2v) is 6.51. The third-order valence-electron chi connectivity index (χ3n) is 3.31. The molecule has 0 aromatic heterocycles. The van der Waals surface area contributed by atoms with Gasteiger partial charge in [0.15, 0.2) is 0 Å². The van der Waals surface area contributed by atoms with Crippen LogP contribution < -0.4 is 5.32 Å². The van der Waals surface area contributed by atoms with Gasteiger partial charge in [-0.25, -0.2) is 0 Å².